The van der Waals surface area contributed by atoms with Gasteiger partial charge < -0.3 is 9.88 Å². The summed E-state index contributed by atoms with van der Waals surface area (Å²) in [5.41, 5.74) is 1.69. The van der Waals surface area contributed by atoms with Crippen LogP contribution in [-0.2, 0) is 6.54 Å². The molecule has 2 heterocycles. The third-order valence-corrected chi connectivity index (χ3v) is 5.14. The minimum atomic E-state index is -0.210. The van der Waals surface area contributed by atoms with Crippen molar-refractivity contribution in [2.75, 3.05) is 0 Å². The van der Waals surface area contributed by atoms with Crippen LogP contribution in [0, 0.1) is 0 Å². The van der Waals surface area contributed by atoms with Crippen LogP contribution in [0.1, 0.15) is 66.4 Å². The van der Waals surface area contributed by atoms with E-state index in [1.54, 1.807) is 23.4 Å². The molecule has 1 fully saturated rings. The van der Waals surface area contributed by atoms with E-state index in [9.17, 15) is 4.79 Å². The van der Waals surface area contributed by atoms with E-state index in [0.29, 0.717) is 18.2 Å². The molecule has 1 aliphatic carbocycles. The van der Waals surface area contributed by atoms with Crippen LogP contribution in [0.2, 0.25) is 0 Å². The fourth-order valence-electron chi connectivity index (χ4n) is 3.71. The molecule has 7 nitrogen and oxygen atoms in total. The summed E-state index contributed by atoms with van der Waals surface area (Å²) in [5, 5.41) is 15.6. The highest BCUT2D eigenvalue weighted by molar-refractivity contribution is 5.93. The minimum absolute atomic E-state index is 0.150. The second kappa shape index (κ2) is 7.73. The molecule has 7 heteroatoms. The van der Waals surface area contributed by atoms with Crippen molar-refractivity contribution >= 4 is 5.91 Å². The van der Waals surface area contributed by atoms with Crippen molar-refractivity contribution in [3.8, 4) is 0 Å². The molecule has 1 aliphatic rings. The van der Waals surface area contributed by atoms with Gasteiger partial charge in [0.05, 0.1) is 24.3 Å². The highest BCUT2D eigenvalue weighted by atomic mass is 16.1. The highest BCUT2D eigenvalue weighted by Gasteiger charge is 2.24. The highest BCUT2D eigenvalue weighted by Crippen LogP contribution is 2.31. The van der Waals surface area contributed by atoms with Gasteiger partial charge in [0.1, 0.15) is 6.33 Å². The van der Waals surface area contributed by atoms with E-state index in [4.69, 9.17) is 0 Å². The Kier molecular flexibility index (Phi) is 5.00. The number of hydrogen-bond acceptors (Lipinski definition) is 4. The molecule has 0 saturated heterocycles. The molecule has 0 radical (unpaired) electrons. The second-order valence-electron chi connectivity index (χ2n) is 7.14. The molecule has 0 aliphatic heterocycles. The predicted molar refractivity (Wildman–Crippen MR) is 101 cm³/mol. The molecule has 4 rings (SSSR count). The van der Waals surface area contributed by atoms with Gasteiger partial charge in [0.15, 0.2) is 5.82 Å². The van der Waals surface area contributed by atoms with Gasteiger partial charge in [-0.05, 0) is 25.3 Å². The molecule has 140 valence electrons. The summed E-state index contributed by atoms with van der Waals surface area (Å²) in [6.07, 6.45) is 9.94. The summed E-state index contributed by atoms with van der Waals surface area (Å²) in [7, 11) is 0. The lowest BCUT2D eigenvalue weighted by molar-refractivity contribution is 0.0937. The van der Waals surface area contributed by atoms with Crippen LogP contribution >= 0.6 is 0 Å². The van der Waals surface area contributed by atoms with Gasteiger partial charge in [0.25, 0.3) is 5.91 Å². The van der Waals surface area contributed by atoms with Gasteiger partial charge >= 0.3 is 0 Å². The van der Waals surface area contributed by atoms with Crippen LogP contribution in [0.4, 0.5) is 0 Å². The fourth-order valence-corrected chi connectivity index (χ4v) is 3.71. The largest absolute Gasteiger partial charge is 0.342 e. The Morgan fingerprint density at radius 2 is 2.04 bits per heavy atom. The summed E-state index contributed by atoms with van der Waals surface area (Å²) < 4.78 is 3.90. The number of rotatable bonds is 6. The number of nitrogens with one attached hydrogen (secondary N) is 1. The lowest BCUT2D eigenvalue weighted by atomic mass is 10.2. The quantitative estimate of drug-likeness (QED) is 0.729. The maximum absolute atomic E-state index is 12.6. The Hall–Kier alpha value is -2.96. The number of nitrogens with zero attached hydrogens (tertiary/aromatic N) is 5. The van der Waals surface area contributed by atoms with Gasteiger partial charge in [-0.2, -0.15) is 5.10 Å². The van der Waals surface area contributed by atoms with E-state index in [-0.39, 0.29) is 11.9 Å². The van der Waals surface area contributed by atoms with E-state index in [2.05, 4.69) is 25.2 Å². The van der Waals surface area contributed by atoms with E-state index in [1.807, 2.05) is 37.3 Å². The number of hydrogen-bond donors (Lipinski definition) is 1. The molecule has 0 bridgehead atoms. The Bertz CT molecular complexity index is 894. The molecule has 3 aromatic rings. The maximum atomic E-state index is 12.6. The molecule has 1 amide bonds. The lowest BCUT2D eigenvalue weighted by Gasteiger charge is -2.18. The first-order valence-electron chi connectivity index (χ1n) is 9.47. The number of carbonyl (C=O) groups is 1. The first-order chi connectivity index (χ1) is 13.2. The van der Waals surface area contributed by atoms with Crippen molar-refractivity contribution in [1.82, 2.24) is 29.9 Å². The zero-order valence-electron chi connectivity index (χ0n) is 15.5. The monoisotopic (exact) mass is 364 g/mol. The molecule has 2 aromatic heterocycles. The number of amides is 1. The Balaban J connectivity index is 1.41. The first-order valence-corrected chi connectivity index (χ1v) is 9.47. The predicted octanol–water partition coefficient (Wildman–Crippen LogP) is 3.13. The summed E-state index contributed by atoms with van der Waals surface area (Å²) in [4.78, 5) is 12.6. The van der Waals surface area contributed by atoms with Crippen molar-refractivity contribution in [2.45, 2.75) is 51.2 Å². The number of benzene rings is 1. The van der Waals surface area contributed by atoms with Gasteiger partial charge in [-0.1, -0.05) is 43.2 Å². The van der Waals surface area contributed by atoms with Crippen molar-refractivity contribution in [1.29, 1.82) is 0 Å². The zero-order valence-corrected chi connectivity index (χ0v) is 15.5. The van der Waals surface area contributed by atoms with Crippen LogP contribution in [0.15, 0.2) is 49.1 Å². The maximum Gasteiger partial charge on any atom is 0.255 e. The van der Waals surface area contributed by atoms with Crippen LogP contribution in [0.3, 0.4) is 0 Å². The zero-order chi connectivity index (χ0) is 18.6. The first kappa shape index (κ1) is 17.5. The Morgan fingerprint density at radius 1 is 1.26 bits per heavy atom. The average molecular weight is 364 g/mol. The molecule has 1 atom stereocenters. The standard InChI is InChI=1S/C20H24N6O/c1-15(19-24-21-14-26(19)18-9-5-6-10-18)23-20(27)17-11-22-25(13-17)12-16-7-3-2-4-8-16/h2-4,7-8,11,13-15,18H,5-6,9-10,12H2,1H3,(H,23,27). The van der Waals surface area contributed by atoms with E-state index < -0.39 is 0 Å². The molecular weight excluding hydrogens is 340 g/mol. The normalized spacial score (nSPS) is 15.7. The third kappa shape index (κ3) is 3.92. The van der Waals surface area contributed by atoms with Crippen LogP contribution in [0.5, 0.6) is 0 Å². The SMILES string of the molecule is CC(NC(=O)c1cnn(Cc2ccccc2)c1)c1nncn1C1CCCC1. The summed E-state index contributed by atoms with van der Waals surface area (Å²) in [6, 6.07) is 10.3. The van der Waals surface area contributed by atoms with Crippen molar-refractivity contribution in [3.63, 3.8) is 0 Å². The molecule has 1 N–H and O–H groups in total. The molecule has 1 unspecified atom stereocenters. The molecule has 1 saturated carbocycles. The second-order valence-corrected chi connectivity index (χ2v) is 7.14. The van der Waals surface area contributed by atoms with Crippen molar-refractivity contribution in [3.05, 3.63) is 66.0 Å². The topological polar surface area (TPSA) is 77.6 Å². The summed E-state index contributed by atoms with van der Waals surface area (Å²) >= 11 is 0. The van der Waals surface area contributed by atoms with Crippen molar-refractivity contribution in [2.24, 2.45) is 0 Å². The van der Waals surface area contributed by atoms with Crippen LogP contribution < -0.4 is 5.32 Å². The Morgan fingerprint density at radius 3 is 2.81 bits per heavy atom. The number of aromatic nitrogens is 5. The minimum Gasteiger partial charge on any atom is -0.342 e. The van der Waals surface area contributed by atoms with Gasteiger partial charge in [-0.3, -0.25) is 9.48 Å². The molecule has 27 heavy (non-hydrogen) atoms. The summed E-state index contributed by atoms with van der Waals surface area (Å²) in [5.74, 6) is 0.662. The Labute approximate surface area is 158 Å². The van der Waals surface area contributed by atoms with E-state index in [1.165, 1.54) is 12.8 Å². The van der Waals surface area contributed by atoms with E-state index in [0.717, 1.165) is 24.2 Å². The summed E-state index contributed by atoms with van der Waals surface area (Å²) in [6.45, 7) is 2.58. The van der Waals surface area contributed by atoms with Gasteiger partial charge in [0, 0.05) is 12.2 Å². The average Bonchev–Trinajstić information content (AvgIpc) is 3.43. The van der Waals surface area contributed by atoms with Gasteiger partial charge in [-0.15, -0.1) is 10.2 Å². The van der Waals surface area contributed by atoms with Crippen molar-refractivity contribution < 1.29 is 4.79 Å². The van der Waals surface area contributed by atoms with Gasteiger partial charge in [0.2, 0.25) is 0 Å². The molecular formula is C20H24N6O. The fraction of sp³-hybridized carbons (Fsp3) is 0.400. The van der Waals surface area contributed by atoms with Gasteiger partial charge in [-0.25, -0.2) is 0 Å². The third-order valence-electron chi connectivity index (χ3n) is 5.14. The number of carbonyl (C=O) groups excluding carboxylic acids is 1. The smallest absolute Gasteiger partial charge is 0.255 e. The van der Waals surface area contributed by atoms with E-state index >= 15 is 0 Å². The van der Waals surface area contributed by atoms with Crippen LogP contribution in [-0.4, -0.2) is 30.5 Å². The lowest BCUT2D eigenvalue weighted by Crippen LogP contribution is -2.29. The molecule has 1 aromatic carbocycles. The van der Waals surface area contributed by atoms with Crippen LogP contribution in [0.25, 0.3) is 0 Å². The molecule has 0 spiro atoms.